The van der Waals surface area contributed by atoms with Crippen molar-refractivity contribution < 1.29 is 17.9 Å². The van der Waals surface area contributed by atoms with Crippen LogP contribution in [-0.4, -0.2) is 44.0 Å². The molecule has 21 heavy (non-hydrogen) atoms. The largest absolute Gasteiger partial charge is 0.573 e. The maximum Gasteiger partial charge on any atom is 0.573 e. The third-order valence-electron chi connectivity index (χ3n) is 3.87. The molecular formula is C15H21F3N2O. The van der Waals surface area contributed by atoms with Gasteiger partial charge in [0.15, 0.2) is 0 Å². The lowest BCUT2D eigenvalue weighted by molar-refractivity contribution is -0.274. The molecule has 0 bridgehead atoms. The summed E-state index contributed by atoms with van der Waals surface area (Å²) in [5.41, 5.74) is 0.946. The van der Waals surface area contributed by atoms with Crippen molar-refractivity contribution in [2.24, 2.45) is 0 Å². The fourth-order valence-corrected chi connectivity index (χ4v) is 2.80. The van der Waals surface area contributed by atoms with Gasteiger partial charge in [-0.05, 0) is 64.2 Å². The first-order chi connectivity index (χ1) is 9.89. The number of nitrogens with zero attached hydrogens (tertiary/aromatic N) is 2. The normalized spacial score (nSPS) is 17.8. The number of likely N-dealkylation sites (tertiary alicyclic amines) is 1. The maximum atomic E-state index is 12.2. The predicted octanol–water partition coefficient (Wildman–Crippen LogP) is 3.51. The van der Waals surface area contributed by atoms with Gasteiger partial charge in [-0.15, -0.1) is 13.2 Å². The quantitative estimate of drug-likeness (QED) is 0.846. The Labute approximate surface area is 123 Å². The number of ether oxygens (including phenoxy) is 1. The third-order valence-corrected chi connectivity index (χ3v) is 3.87. The molecule has 1 aliphatic heterocycles. The van der Waals surface area contributed by atoms with Crippen LogP contribution in [0.5, 0.6) is 5.75 Å². The molecule has 1 aromatic rings. The molecule has 0 spiro atoms. The van der Waals surface area contributed by atoms with Crippen molar-refractivity contribution in [3.05, 3.63) is 24.3 Å². The van der Waals surface area contributed by atoms with Gasteiger partial charge in [-0.2, -0.15) is 0 Å². The van der Waals surface area contributed by atoms with Crippen LogP contribution in [0.3, 0.4) is 0 Å². The van der Waals surface area contributed by atoms with Gasteiger partial charge in [0.1, 0.15) is 5.75 Å². The SMILES string of the molecule is CCN(c1ccc(OC(F)(F)F)cc1)C1CCN(C)CC1. The Morgan fingerprint density at radius 3 is 2.24 bits per heavy atom. The lowest BCUT2D eigenvalue weighted by Gasteiger charge is -2.38. The highest BCUT2D eigenvalue weighted by molar-refractivity contribution is 5.50. The average molecular weight is 302 g/mol. The zero-order valence-electron chi connectivity index (χ0n) is 12.4. The Balaban J connectivity index is 2.05. The number of hydrogen-bond donors (Lipinski definition) is 0. The number of rotatable bonds is 4. The molecule has 1 aliphatic rings. The van der Waals surface area contributed by atoms with E-state index in [2.05, 4.69) is 28.5 Å². The zero-order chi connectivity index (χ0) is 15.5. The zero-order valence-corrected chi connectivity index (χ0v) is 12.4. The monoisotopic (exact) mass is 302 g/mol. The van der Waals surface area contributed by atoms with Gasteiger partial charge in [-0.25, -0.2) is 0 Å². The first-order valence-electron chi connectivity index (χ1n) is 7.20. The fraction of sp³-hybridized carbons (Fsp3) is 0.600. The summed E-state index contributed by atoms with van der Waals surface area (Å²) in [6, 6.07) is 6.59. The van der Waals surface area contributed by atoms with Crippen LogP contribution in [0.2, 0.25) is 0 Å². The lowest BCUT2D eigenvalue weighted by Crippen LogP contribution is -2.43. The van der Waals surface area contributed by atoms with Gasteiger partial charge in [-0.3, -0.25) is 0 Å². The summed E-state index contributed by atoms with van der Waals surface area (Å²) in [7, 11) is 2.11. The van der Waals surface area contributed by atoms with Crippen LogP contribution in [0.1, 0.15) is 19.8 Å². The molecule has 2 rings (SSSR count). The van der Waals surface area contributed by atoms with Crippen molar-refractivity contribution in [1.82, 2.24) is 4.90 Å². The van der Waals surface area contributed by atoms with Crippen LogP contribution in [0.25, 0.3) is 0 Å². The van der Waals surface area contributed by atoms with Gasteiger partial charge in [0.05, 0.1) is 0 Å². The van der Waals surface area contributed by atoms with Gasteiger partial charge >= 0.3 is 6.36 Å². The molecule has 0 radical (unpaired) electrons. The van der Waals surface area contributed by atoms with Crippen LogP contribution in [0.4, 0.5) is 18.9 Å². The average Bonchev–Trinajstić information content (AvgIpc) is 2.42. The number of hydrogen-bond acceptors (Lipinski definition) is 3. The van der Waals surface area contributed by atoms with E-state index in [0.717, 1.165) is 38.2 Å². The van der Waals surface area contributed by atoms with Gasteiger partial charge in [-0.1, -0.05) is 0 Å². The van der Waals surface area contributed by atoms with Gasteiger partial charge in [0, 0.05) is 18.3 Å². The van der Waals surface area contributed by atoms with E-state index in [1.807, 2.05) is 0 Å². The molecule has 0 saturated carbocycles. The molecule has 1 saturated heterocycles. The minimum Gasteiger partial charge on any atom is -0.406 e. The number of alkyl halides is 3. The standard InChI is InChI=1S/C15H21F3N2O/c1-3-20(13-8-10-19(2)11-9-13)12-4-6-14(7-5-12)21-15(16,17)18/h4-7,13H,3,8-11H2,1-2H3. The minimum atomic E-state index is -4.64. The molecule has 1 fully saturated rings. The summed E-state index contributed by atoms with van der Waals surface area (Å²) in [5, 5.41) is 0. The van der Waals surface area contributed by atoms with Crippen molar-refractivity contribution in [3.63, 3.8) is 0 Å². The molecule has 0 aliphatic carbocycles. The summed E-state index contributed by atoms with van der Waals surface area (Å²) in [5.74, 6) is -0.175. The molecule has 0 amide bonds. The lowest BCUT2D eigenvalue weighted by atomic mass is 10.0. The van der Waals surface area contributed by atoms with Crippen LogP contribution < -0.4 is 9.64 Å². The van der Waals surface area contributed by atoms with Crippen LogP contribution >= 0.6 is 0 Å². The Bertz CT molecular complexity index is 439. The van der Waals surface area contributed by atoms with Crippen molar-refractivity contribution in [3.8, 4) is 5.75 Å². The molecule has 0 unspecified atom stereocenters. The molecule has 0 aromatic heterocycles. The van der Waals surface area contributed by atoms with E-state index < -0.39 is 6.36 Å². The van der Waals surface area contributed by atoms with E-state index in [4.69, 9.17) is 0 Å². The highest BCUT2D eigenvalue weighted by Crippen LogP contribution is 2.28. The second-order valence-corrected chi connectivity index (χ2v) is 5.36. The summed E-state index contributed by atoms with van der Waals surface area (Å²) in [6.45, 7) is 5.01. The molecule has 0 N–H and O–H groups in total. The second-order valence-electron chi connectivity index (χ2n) is 5.36. The smallest absolute Gasteiger partial charge is 0.406 e. The number of piperidine rings is 1. The topological polar surface area (TPSA) is 15.7 Å². The van der Waals surface area contributed by atoms with E-state index in [1.165, 1.54) is 12.1 Å². The molecule has 3 nitrogen and oxygen atoms in total. The van der Waals surface area contributed by atoms with E-state index in [-0.39, 0.29) is 5.75 Å². The van der Waals surface area contributed by atoms with E-state index in [1.54, 1.807) is 12.1 Å². The maximum absolute atomic E-state index is 12.2. The summed E-state index contributed by atoms with van der Waals surface area (Å²) in [4.78, 5) is 4.55. The molecule has 1 heterocycles. The molecular weight excluding hydrogens is 281 g/mol. The van der Waals surface area contributed by atoms with Crippen LogP contribution in [0.15, 0.2) is 24.3 Å². The summed E-state index contributed by atoms with van der Waals surface area (Å²) >= 11 is 0. The Morgan fingerprint density at radius 2 is 1.76 bits per heavy atom. The van der Waals surface area contributed by atoms with Crippen LogP contribution in [0, 0.1) is 0 Å². The minimum absolute atomic E-state index is 0.175. The van der Waals surface area contributed by atoms with Crippen LogP contribution in [-0.2, 0) is 0 Å². The number of anilines is 1. The Morgan fingerprint density at radius 1 is 1.19 bits per heavy atom. The van der Waals surface area contributed by atoms with Crippen molar-refractivity contribution in [1.29, 1.82) is 0 Å². The first kappa shape index (κ1) is 15.9. The number of benzene rings is 1. The van der Waals surface area contributed by atoms with Crippen molar-refractivity contribution in [2.75, 3.05) is 31.6 Å². The van der Waals surface area contributed by atoms with Gasteiger partial charge in [0.25, 0.3) is 0 Å². The molecule has 6 heteroatoms. The molecule has 1 aromatic carbocycles. The Hall–Kier alpha value is -1.43. The highest BCUT2D eigenvalue weighted by Gasteiger charge is 2.31. The van der Waals surface area contributed by atoms with E-state index in [0.29, 0.717) is 6.04 Å². The Kier molecular flexibility index (Phi) is 4.98. The third kappa shape index (κ3) is 4.52. The fourth-order valence-electron chi connectivity index (χ4n) is 2.80. The van der Waals surface area contributed by atoms with E-state index >= 15 is 0 Å². The van der Waals surface area contributed by atoms with Crippen molar-refractivity contribution >= 4 is 5.69 Å². The van der Waals surface area contributed by atoms with Gasteiger partial charge < -0.3 is 14.5 Å². The first-order valence-corrected chi connectivity index (χ1v) is 7.20. The second kappa shape index (κ2) is 6.56. The number of halogens is 3. The summed E-state index contributed by atoms with van der Waals surface area (Å²) in [6.07, 6.45) is -2.49. The predicted molar refractivity (Wildman–Crippen MR) is 76.7 cm³/mol. The molecule has 118 valence electrons. The summed E-state index contributed by atoms with van der Waals surface area (Å²) < 4.78 is 40.4. The van der Waals surface area contributed by atoms with E-state index in [9.17, 15) is 13.2 Å². The molecule has 0 atom stereocenters. The van der Waals surface area contributed by atoms with Crippen molar-refractivity contribution in [2.45, 2.75) is 32.2 Å². The highest BCUT2D eigenvalue weighted by atomic mass is 19.4. The van der Waals surface area contributed by atoms with Gasteiger partial charge in [0.2, 0.25) is 0 Å².